The molecule has 74 valence electrons. The van der Waals surface area contributed by atoms with E-state index in [2.05, 4.69) is 12.6 Å². The van der Waals surface area contributed by atoms with E-state index in [-0.39, 0.29) is 5.84 Å². The standard InChI is InChI=1S/C11H14N2S/c12-11(13)10-7-2-1-5-9(10)6-3-4-8-14/h1-3,5-7,14H,4,8H2,(H3,12,13). The third-order valence-electron chi connectivity index (χ3n) is 1.84. The molecule has 0 heterocycles. The highest BCUT2D eigenvalue weighted by molar-refractivity contribution is 7.80. The average molecular weight is 206 g/mol. The van der Waals surface area contributed by atoms with Gasteiger partial charge < -0.3 is 5.73 Å². The zero-order valence-electron chi connectivity index (χ0n) is 7.90. The van der Waals surface area contributed by atoms with Crippen LogP contribution < -0.4 is 5.73 Å². The number of rotatable bonds is 4. The van der Waals surface area contributed by atoms with E-state index in [1.807, 2.05) is 36.4 Å². The molecular formula is C11H14N2S. The van der Waals surface area contributed by atoms with Gasteiger partial charge in [-0.3, -0.25) is 5.41 Å². The minimum atomic E-state index is 0.108. The molecule has 1 aromatic rings. The number of hydrogen-bond acceptors (Lipinski definition) is 2. The highest BCUT2D eigenvalue weighted by Gasteiger charge is 1.99. The normalized spacial score (nSPS) is 10.6. The van der Waals surface area contributed by atoms with Gasteiger partial charge in [-0.15, -0.1) is 0 Å². The van der Waals surface area contributed by atoms with E-state index in [0.717, 1.165) is 23.3 Å². The first-order valence-electron chi connectivity index (χ1n) is 4.46. The van der Waals surface area contributed by atoms with Gasteiger partial charge in [0, 0.05) is 5.56 Å². The van der Waals surface area contributed by atoms with E-state index in [9.17, 15) is 0 Å². The van der Waals surface area contributed by atoms with E-state index in [1.54, 1.807) is 0 Å². The molecule has 1 rings (SSSR count). The maximum Gasteiger partial charge on any atom is 0.123 e. The number of nitrogens with two attached hydrogens (primary N) is 1. The summed E-state index contributed by atoms with van der Waals surface area (Å²) in [7, 11) is 0. The lowest BCUT2D eigenvalue weighted by atomic mass is 10.1. The molecule has 0 aliphatic carbocycles. The van der Waals surface area contributed by atoms with Crippen LogP contribution in [0.2, 0.25) is 0 Å². The Morgan fingerprint density at radius 1 is 1.43 bits per heavy atom. The van der Waals surface area contributed by atoms with E-state index in [1.165, 1.54) is 0 Å². The molecule has 14 heavy (non-hydrogen) atoms. The Kier molecular flexibility index (Phi) is 4.26. The van der Waals surface area contributed by atoms with Crippen molar-refractivity contribution >= 4 is 24.5 Å². The number of benzene rings is 1. The number of amidine groups is 1. The van der Waals surface area contributed by atoms with Crippen molar-refractivity contribution in [3.63, 3.8) is 0 Å². The maximum atomic E-state index is 7.39. The van der Waals surface area contributed by atoms with Gasteiger partial charge in [0.2, 0.25) is 0 Å². The van der Waals surface area contributed by atoms with Crippen LogP contribution in [0.3, 0.4) is 0 Å². The van der Waals surface area contributed by atoms with Gasteiger partial charge in [0.25, 0.3) is 0 Å². The summed E-state index contributed by atoms with van der Waals surface area (Å²) < 4.78 is 0. The number of thiol groups is 1. The van der Waals surface area contributed by atoms with Crippen LogP contribution in [0.15, 0.2) is 30.3 Å². The zero-order chi connectivity index (χ0) is 10.4. The highest BCUT2D eigenvalue weighted by Crippen LogP contribution is 2.10. The summed E-state index contributed by atoms with van der Waals surface area (Å²) >= 11 is 4.12. The predicted molar refractivity (Wildman–Crippen MR) is 65.0 cm³/mol. The summed E-state index contributed by atoms with van der Waals surface area (Å²) in [6.45, 7) is 0. The number of allylic oxidation sites excluding steroid dienone is 1. The number of nitrogen functional groups attached to an aromatic ring is 1. The van der Waals surface area contributed by atoms with Crippen molar-refractivity contribution in [1.29, 1.82) is 5.41 Å². The second kappa shape index (κ2) is 5.50. The molecule has 0 unspecified atom stereocenters. The monoisotopic (exact) mass is 206 g/mol. The van der Waals surface area contributed by atoms with Crippen LogP contribution in [-0.2, 0) is 0 Å². The Labute approximate surface area is 89.7 Å². The molecule has 0 radical (unpaired) electrons. The van der Waals surface area contributed by atoms with Crippen LogP contribution in [0.1, 0.15) is 17.5 Å². The van der Waals surface area contributed by atoms with Gasteiger partial charge in [0.15, 0.2) is 0 Å². The molecule has 0 amide bonds. The SMILES string of the molecule is N=C(N)c1ccccc1C=CCCS. The van der Waals surface area contributed by atoms with Crippen molar-refractivity contribution in [2.24, 2.45) is 5.73 Å². The van der Waals surface area contributed by atoms with Crippen molar-refractivity contribution in [2.45, 2.75) is 6.42 Å². The van der Waals surface area contributed by atoms with E-state index < -0.39 is 0 Å². The predicted octanol–water partition coefficient (Wildman–Crippen LogP) is 2.30. The molecule has 3 heteroatoms. The van der Waals surface area contributed by atoms with Crippen LogP contribution in [0.5, 0.6) is 0 Å². The van der Waals surface area contributed by atoms with Crippen LogP contribution in [0, 0.1) is 5.41 Å². The smallest absolute Gasteiger partial charge is 0.123 e. The Morgan fingerprint density at radius 2 is 2.14 bits per heavy atom. The average Bonchev–Trinajstić information content (AvgIpc) is 2.19. The summed E-state index contributed by atoms with van der Waals surface area (Å²) in [5.41, 5.74) is 7.22. The topological polar surface area (TPSA) is 49.9 Å². The molecule has 0 fully saturated rings. The Balaban J connectivity index is 2.90. The van der Waals surface area contributed by atoms with Crippen molar-refractivity contribution in [3.05, 3.63) is 41.5 Å². The van der Waals surface area contributed by atoms with Gasteiger partial charge >= 0.3 is 0 Å². The molecule has 0 saturated carbocycles. The fraction of sp³-hybridized carbons (Fsp3) is 0.182. The minimum absolute atomic E-state index is 0.108. The van der Waals surface area contributed by atoms with Gasteiger partial charge in [-0.05, 0) is 17.7 Å². The molecule has 0 aliphatic rings. The van der Waals surface area contributed by atoms with Gasteiger partial charge in [-0.25, -0.2) is 0 Å². The summed E-state index contributed by atoms with van der Waals surface area (Å²) in [4.78, 5) is 0. The van der Waals surface area contributed by atoms with E-state index in [4.69, 9.17) is 11.1 Å². The molecule has 0 saturated heterocycles. The molecule has 0 aromatic heterocycles. The lowest BCUT2D eigenvalue weighted by Crippen LogP contribution is -2.12. The first-order chi connectivity index (χ1) is 6.75. The Bertz CT molecular complexity index is 345. The van der Waals surface area contributed by atoms with Crippen LogP contribution in [0.4, 0.5) is 0 Å². The minimum Gasteiger partial charge on any atom is -0.384 e. The second-order valence-electron chi connectivity index (χ2n) is 2.92. The molecule has 1 aromatic carbocycles. The third kappa shape index (κ3) is 2.92. The number of hydrogen-bond donors (Lipinski definition) is 3. The van der Waals surface area contributed by atoms with Gasteiger partial charge in [0.1, 0.15) is 5.84 Å². The Hall–Kier alpha value is -1.22. The Morgan fingerprint density at radius 3 is 2.79 bits per heavy atom. The van der Waals surface area contributed by atoms with Gasteiger partial charge in [-0.1, -0.05) is 36.4 Å². The molecular weight excluding hydrogens is 192 g/mol. The summed E-state index contributed by atoms with van der Waals surface area (Å²) in [6, 6.07) is 7.62. The quantitative estimate of drug-likeness (QED) is 0.395. The molecule has 0 bridgehead atoms. The summed E-state index contributed by atoms with van der Waals surface area (Å²) in [5, 5.41) is 7.39. The van der Waals surface area contributed by atoms with Crippen LogP contribution in [0.25, 0.3) is 6.08 Å². The fourth-order valence-corrected chi connectivity index (χ4v) is 1.32. The first-order valence-corrected chi connectivity index (χ1v) is 5.09. The van der Waals surface area contributed by atoms with Crippen molar-refractivity contribution in [3.8, 4) is 0 Å². The molecule has 0 spiro atoms. The zero-order valence-corrected chi connectivity index (χ0v) is 8.80. The van der Waals surface area contributed by atoms with E-state index in [0.29, 0.717) is 0 Å². The molecule has 2 nitrogen and oxygen atoms in total. The first kappa shape index (κ1) is 10.9. The van der Waals surface area contributed by atoms with Crippen molar-refractivity contribution < 1.29 is 0 Å². The lowest BCUT2D eigenvalue weighted by molar-refractivity contribution is 1.26. The number of nitrogens with one attached hydrogen (secondary N) is 1. The second-order valence-corrected chi connectivity index (χ2v) is 3.36. The van der Waals surface area contributed by atoms with Crippen molar-refractivity contribution in [1.82, 2.24) is 0 Å². The highest BCUT2D eigenvalue weighted by atomic mass is 32.1. The largest absolute Gasteiger partial charge is 0.384 e. The molecule has 0 aliphatic heterocycles. The van der Waals surface area contributed by atoms with E-state index >= 15 is 0 Å². The fourth-order valence-electron chi connectivity index (χ4n) is 1.17. The van der Waals surface area contributed by atoms with Gasteiger partial charge in [0.05, 0.1) is 0 Å². The van der Waals surface area contributed by atoms with Crippen molar-refractivity contribution in [2.75, 3.05) is 5.75 Å². The van der Waals surface area contributed by atoms with Crippen LogP contribution in [-0.4, -0.2) is 11.6 Å². The summed E-state index contributed by atoms with van der Waals surface area (Å²) in [5.74, 6) is 0.940. The summed E-state index contributed by atoms with van der Waals surface area (Å²) in [6.07, 6.45) is 4.94. The lowest BCUT2D eigenvalue weighted by Gasteiger charge is -2.02. The third-order valence-corrected chi connectivity index (χ3v) is 2.10. The van der Waals surface area contributed by atoms with Crippen LogP contribution >= 0.6 is 12.6 Å². The maximum absolute atomic E-state index is 7.39. The molecule has 0 atom stereocenters. The molecule has 3 N–H and O–H groups in total. The van der Waals surface area contributed by atoms with Gasteiger partial charge in [-0.2, -0.15) is 12.6 Å².